The van der Waals surface area contributed by atoms with Crippen molar-refractivity contribution in [3.63, 3.8) is 0 Å². The zero-order chi connectivity index (χ0) is 18.1. The third-order valence-corrected chi connectivity index (χ3v) is 6.13. The molecule has 0 radical (unpaired) electrons. The average molecular weight is 468 g/mol. The highest BCUT2D eigenvalue weighted by molar-refractivity contribution is 9.13. The maximum atomic E-state index is 12.0. The molecule has 0 aliphatic heterocycles. The van der Waals surface area contributed by atoms with Gasteiger partial charge in [-0.25, -0.2) is 9.78 Å². The van der Waals surface area contributed by atoms with Crippen molar-refractivity contribution in [3.05, 3.63) is 56.9 Å². The SMILES string of the molecule is CCOC(=O)c1ncc2c(c1O)c(Br)c(Br)n2[C@H](C)c1ccccc1. The Labute approximate surface area is 161 Å². The lowest BCUT2D eigenvalue weighted by Gasteiger charge is -2.17. The van der Waals surface area contributed by atoms with E-state index in [9.17, 15) is 9.90 Å². The molecule has 130 valence electrons. The molecule has 0 saturated heterocycles. The van der Waals surface area contributed by atoms with Crippen LogP contribution in [0.5, 0.6) is 5.75 Å². The molecule has 0 fully saturated rings. The summed E-state index contributed by atoms with van der Waals surface area (Å²) >= 11 is 7.09. The minimum Gasteiger partial charge on any atom is -0.505 e. The van der Waals surface area contributed by atoms with Gasteiger partial charge < -0.3 is 14.4 Å². The summed E-state index contributed by atoms with van der Waals surface area (Å²) in [6.45, 7) is 3.98. The van der Waals surface area contributed by atoms with Gasteiger partial charge in [-0.2, -0.15) is 0 Å². The van der Waals surface area contributed by atoms with Gasteiger partial charge in [0.15, 0.2) is 11.4 Å². The molecule has 2 aromatic heterocycles. The topological polar surface area (TPSA) is 64.3 Å². The number of rotatable bonds is 4. The molecule has 1 aromatic carbocycles. The number of carbonyl (C=O) groups excluding carboxylic acids is 1. The molecule has 3 aromatic rings. The number of nitrogens with zero attached hydrogens (tertiary/aromatic N) is 2. The van der Waals surface area contributed by atoms with Gasteiger partial charge in [0, 0.05) is 0 Å². The van der Waals surface area contributed by atoms with E-state index in [0.29, 0.717) is 15.4 Å². The van der Waals surface area contributed by atoms with Gasteiger partial charge in [0.1, 0.15) is 4.60 Å². The molecule has 0 aliphatic carbocycles. The van der Waals surface area contributed by atoms with Crippen molar-refractivity contribution in [1.82, 2.24) is 9.55 Å². The lowest BCUT2D eigenvalue weighted by molar-refractivity contribution is 0.0516. The van der Waals surface area contributed by atoms with E-state index in [0.717, 1.165) is 10.2 Å². The number of aromatic nitrogens is 2. The van der Waals surface area contributed by atoms with Gasteiger partial charge in [-0.3, -0.25) is 0 Å². The van der Waals surface area contributed by atoms with Gasteiger partial charge in [-0.15, -0.1) is 0 Å². The summed E-state index contributed by atoms with van der Waals surface area (Å²) in [6, 6.07) is 10.0. The van der Waals surface area contributed by atoms with Crippen LogP contribution in [0.25, 0.3) is 10.9 Å². The maximum absolute atomic E-state index is 12.0. The van der Waals surface area contributed by atoms with Gasteiger partial charge >= 0.3 is 5.97 Å². The van der Waals surface area contributed by atoms with Crippen molar-refractivity contribution in [1.29, 1.82) is 0 Å². The van der Waals surface area contributed by atoms with Crippen molar-refractivity contribution in [3.8, 4) is 5.75 Å². The number of benzene rings is 1. The Bertz CT molecular complexity index is 939. The standard InChI is InChI=1S/C18H16Br2N2O3/c1-3-25-18(24)15-16(23)13-12(9-21-15)22(17(20)14(13)19)10(2)11-7-5-4-6-8-11/h4-10,23H,3H2,1-2H3/t10-/m1/s1. The van der Waals surface area contributed by atoms with Crippen LogP contribution in [0.2, 0.25) is 0 Å². The third-order valence-electron chi connectivity index (χ3n) is 4.04. The van der Waals surface area contributed by atoms with Gasteiger partial charge in [0.2, 0.25) is 0 Å². The lowest BCUT2D eigenvalue weighted by Crippen LogP contribution is -2.09. The first-order valence-corrected chi connectivity index (χ1v) is 9.34. The second-order valence-electron chi connectivity index (χ2n) is 5.50. The molecule has 5 nitrogen and oxygen atoms in total. The molecule has 0 bridgehead atoms. The number of ether oxygens (including phenoxy) is 1. The molecular formula is C18H16Br2N2O3. The molecule has 1 atom stereocenters. The average Bonchev–Trinajstić information content (AvgIpc) is 2.87. The number of aromatic hydroxyl groups is 1. The fourth-order valence-electron chi connectivity index (χ4n) is 2.81. The van der Waals surface area contributed by atoms with Crippen LogP contribution < -0.4 is 0 Å². The molecule has 3 rings (SSSR count). The molecule has 0 spiro atoms. The Hall–Kier alpha value is -1.86. The van der Waals surface area contributed by atoms with Crippen LogP contribution in [0.1, 0.15) is 35.9 Å². The first-order chi connectivity index (χ1) is 12.0. The van der Waals surface area contributed by atoms with Crippen LogP contribution in [0.3, 0.4) is 0 Å². The smallest absolute Gasteiger partial charge is 0.360 e. The van der Waals surface area contributed by atoms with Gasteiger partial charge in [0.25, 0.3) is 0 Å². The number of esters is 1. The first-order valence-electron chi connectivity index (χ1n) is 7.76. The minimum atomic E-state index is -0.645. The minimum absolute atomic E-state index is 0.000909. The second-order valence-corrected chi connectivity index (χ2v) is 7.04. The summed E-state index contributed by atoms with van der Waals surface area (Å²) in [6.07, 6.45) is 1.58. The third kappa shape index (κ3) is 3.06. The summed E-state index contributed by atoms with van der Waals surface area (Å²) in [5.41, 5.74) is 1.73. The number of fused-ring (bicyclic) bond motifs is 1. The molecule has 7 heteroatoms. The van der Waals surface area contributed by atoms with E-state index in [4.69, 9.17) is 4.74 Å². The van der Waals surface area contributed by atoms with Crippen molar-refractivity contribution in [2.45, 2.75) is 19.9 Å². The van der Waals surface area contributed by atoms with Crippen LogP contribution in [0.4, 0.5) is 0 Å². The van der Waals surface area contributed by atoms with Crippen LogP contribution in [-0.2, 0) is 4.74 Å². The summed E-state index contributed by atoms with van der Waals surface area (Å²) in [5.74, 6) is -0.837. The van der Waals surface area contributed by atoms with Crippen molar-refractivity contribution >= 4 is 48.7 Å². The van der Waals surface area contributed by atoms with Crippen molar-refractivity contribution < 1.29 is 14.6 Å². The fraction of sp³-hybridized carbons (Fsp3) is 0.222. The Morgan fingerprint density at radius 2 is 2.00 bits per heavy atom. The second kappa shape index (κ2) is 7.17. The number of pyridine rings is 1. The first kappa shape index (κ1) is 17.9. The van der Waals surface area contributed by atoms with Crippen LogP contribution in [-0.4, -0.2) is 27.2 Å². The molecule has 0 saturated carbocycles. The number of halogens is 2. The van der Waals surface area contributed by atoms with E-state index in [1.165, 1.54) is 0 Å². The molecule has 0 amide bonds. The largest absolute Gasteiger partial charge is 0.505 e. The van der Waals surface area contributed by atoms with Crippen LogP contribution in [0, 0.1) is 0 Å². The summed E-state index contributed by atoms with van der Waals surface area (Å²) < 4.78 is 8.39. The Balaban J connectivity index is 2.21. The number of hydrogen-bond acceptors (Lipinski definition) is 4. The van der Waals surface area contributed by atoms with Crippen LogP contribution >= 0.6 is 31.9 Å². The van der Waals surface area contributed by atoms with Crippen molar-refractivity contribution in [2.24, 2.45) is 0 Å². The van der Waals surface area contributed by atoms with E-state index in [1.54, 1.807) is 13.1 Å². The molecule has 0 aliphatic rings. The molecule has 25 heavy (non-hydrogen) atoms. The Morgan fingerprint density at radius 1 is 1.32 bits per heavy atom. The van der Waals surface area contributed by atoms with Crippen molar-refractivity contribution in [2.75, 3.05) is 6.61 Å². The zero-order valence-corrected chi connectivity index (χ0v) is 16.8. The number of carbonyl (C=O) groups is 1. The monoisotopic (exact) mass is 466 g/mol. The number of hydrogen-bond donors (Lipinski definition) is 1. The highest BCUT2D eigenvalue weighted by Gasteiger charge is 2.25. The fourth-order valence-corrected chi connectivity index (χ4v) is 4.09. The maximum Gasteiger partial charge on any atom is 0.360 e. The molecule has 1 N–H and O–H groups in total. The molecule has 2 heterocycles. The highest BCUT2D eigenvalue weighted by Crippen LogP contribution is 2.43. The molecular weight excluding hydrogens is 452 g/mol. The Morgan fingerprint density at radius 3 is 2.64 bits per heavy atom. The summed E-state index contributed by atoms with van der Waals surface area (Å²) in [4.78, 5) is 16.1. The lowest BCUT2D eigenvalue weighted by atomic mass is 10.1. The van der Waals surface area contributed by atoms with E-state index in [2.05, 4.69) is 43.8 Å². The van der Waals surface area contributed by atoms with E-state index in [1.807, 2.05) is 34.9 Å². The van der Waals surface area contributed by atoms with E-state index < -0.39 is 5.97 Å². The van der Waals surface area contributed by atoms with E-state index in [-0.39, 0.29) is 24.1 Å². The predicted octanol–water partition coefficient (Wildman–Crippen LogP) is 5.05. The van der Waals surface area contributed by atoms with Crippen LogP contribution in [0.15, 0.2) is 45.6 Å². The zero-order valence-electron chi connectivity index (χ0n) is 13.7. The summed E-state index contributed by atoms with van der Waals surface area (Å²) in [5, 5.41) is 11.1. The van der Waals surface area contributed by atoms with Gasteiger partial charge in [-0.05, 0) is 51.3 Å². The van der Waals surface area contributed by atoms with E-state index >= 15 is 0 Å². The summed E-state index contributed by atoms with van der Waals surface area (Å²) in [7, 11) is 0. The van der Waals surface area contributed by atoms with Gasteiger partial charge in [0.05, 0.1) is 34.2 Å². The predicted molar refractivity (Wildman–Crippen MR) is 103 cm³/mol. The van der Waals surface area contributed by atoms with Gasteiger partial charge in [-0.1, -0.05) is 30.3 Å². The highest BCUT2D eigenvalue weighted by atomic mass is 79.9. The Kier molecular flexibility index (Phi) is 5.15. The molecule has 0 unspecified atom stereocenters. The quantitative estimate of drug-likeness (QED) is 0.545. The normalized spacial score (nSPS) is 12.3.